The van der Waals surface area contributed by atoms with Crippen LogP contribution < -0.4 is 10.1 Å². The molecule has 0 radical (unpaired) electrons. The van der Waals surface area contributed by atoms with Crippen LogP contribution in [0.4, 0.5) is 5.82 Å². The molecule has 0 saturated carbocycles. The van der Waals surface area contributed by atoms with Gasteiger partial charge in [-0.25, -0.2) is 4.98 Å². The molecule has 0 saturated heterocycles. The third-order valence-corrected chi connectivity index (χ3v) is 3.07. The number of fused-ring (bicyclic) bond motifs is 1. The second-order valence-electron chi connectivity index (χ2n) is 4.85. The standard InChI is InChI=1S/C15H19N3O2/c1-10(15(19)18(2)3)16-14-8-5-11-9-12(20-4)6-7-13(11)17-14/h5-10H,1-4H3,(H,16,17)/t10-/m0/s1. The van der Waals surface area contributed by atoms with Crippen molar-refractivity contribution in [1.29, 1.82) is 0 Å². The number of hydrogen-bond acceptors (Lipinski definition) is 4. The summed E-state index contributed by atoms with van der Waals surface area (Å²) in [6.45, 7) is 1.82. The lowest BCUT2D eigenvalue weighted by molar-refractivity contribution is -0.129. The number of nitrogens with one attached hydrogen (secondary N) is 1. The van der Waals surface area contributed by atoms with E-state index in [9.17, 15) is 4.79 Å². The zero-order chi connectivity index (χ0) is 14.7. The fourth-order valence-corrected chi connectivity index (χ4v) is 1.98. The van der Waals surface area contributed by atoms with E-state index in [1.54, 1.807) is 26.1 Å². The molecule has 1 heterocycles. The van der Waals surface area contributed by atoms with E-state index in [4.69, 9.17) is 4.74 Å². The fourth-order valence-electron chi connectivity index (χ4n) is 1.98. The van der Waals surface area contributed by atoms with Gasteiger partial charge in [0.15, 0.2) is 0 Å². The van der Waals surface area contributed by atoms with Gasteiger partial charge in [-0.05, 0) is 37.3 Å². The SMILES string of the molecule is COc1ccc2nc(N[C@@H](C)C(=O)N(C)C)ccc2c1. The van der Waals surface area contributed by atoms with Gasteiger partial charge in [-0.15, -0.1) is 0 Å². The maximum atomic E-state index is 11.8. The van der Waals surface area contributed by atoms with E-state index in [1.165, 1.54) is 0 Å². The molecule has 2 aromatic rings. The van der Waals surface area contributed by atoms with Gasteiger partial charge in [0.05, 0.1) is 12.6 Å². The molecule has 5 nitrogen and oxygen atoms in total. The van der Waals surface area contributed by atoms with Crippen LogP contribution in [0, 0.1) is 0 Å². The van der Waals surface area contributed by atoms with E-state index in [1.807, 2.05) is 37.3 Å². The van der Waals surface area contributed by atoms with Gasteiger partial charge in [-0.1, -0.05) is 0 Å². The summed E-state index contributed by atoms with van der Waals surface area (Å²) in [5.41, 5.74) is 0.861. The Labute approximate surface area is 118 Å². The number of hydrogen-bond donors (Lipinski definition) is 1. The van der Waals surface area contributed by atoms with Crippen LogP contribution in [0.5, 0.6) is 5.75 Å². The van der Waals surface area contributed by atoms with Crippen molar-refractivity contribution in [2.24, 2.45) is 0 Å². The van der Waals surface area contributed by atoms with Crippen molar-refractivity contribution >= 4 is 22.6 Å². The van der Waals surface area contributed by atoms with Crippen LogP contribution in [0.2, 0.25) is 0 Å². The number of nitrogens with zero attached hydrogens (tertiary/aromatic N) is 2. The molecule has 2 rings (SSSR count). The van der Waals surface area contributed by atoms with Crippen LogP contribution >= 0.6 is 0 Å². The molecule has 106 valence electrons. The Kier molecular flexibility index (Phi) is 4.08. The van der Waals surface area contributed by atoms with Crippen LogP contribution in [0.15, 0.2) is 30.3 Å². The zero-order valence-electron chi connectivity index (χ0n) is 12.2. The number of rotatable bonds is 4. The van der Waals surface area contributed by atoms with Crippen LogP contribution in [0.1, 0.15) is 6.92 Å². The Balaban J connectivity index is 2.22. The highest BCUT2D eigenvalue weighted by atomic mass is 16.5. The summed E-state index contributed by atoms with van der Waals surface area (Å²) in [5.74, 6) is 1.50. The molecular weight excluding hydrogens is 254 g/mol. The number of benzene rings is 1. The Morgan fingerprint density at radius 3 is 2.70 bits per heavy atom. The van der Waals surface area contributed by atoms with Gasteiger partial charge in [0.25, 0.3) is 0 Å². The first-order chi connectivity index (χ1) is 9.51. The van der Waals surface area contributed by atoms with Crippen LogP contribution in [0.3, 0.4) is 0 Å². The minimum absolute atomic E-state index is 0.0154. The Hall–Kier alpha value is -2.30. The molecule has 0 spiro atoms. The highest BCUT2D eigenvalue weighted by Crippen LogP contribution is 2.21. The molecule has 1 N–H and O–H groups in total. The number of likely N-dealkylation sites (N-methyl/N-ethyl adjacent to an activating group) is 1. The predicted octanol–water partition coefficient (Wildman–Crippen LogP) is 2.13. The lowest BCUT2D eigenvalue weighted by atomic mass is 10.2. The van der Waals surface area contributed by atoms with Gasteiger partial charge in [-0.2, -0.15) is 0 Å². The summed E-state index contributed by atoms with van der Waals surface area (Å²) in [6.07, 6.45) is 0. The molecule has 0 bridgehead atoms. The number of anilines is 1. The summed E-state index contributed by atoms with van der Waals surface area (Å²) >= 11 is 0. The summed E-state index contributed by atoms with van der Waals surface area (Å²) < 4.78 is 5.18. The number of ether oxygens (including phenoxy) is 1. The third kappa shape index (κ3) is 2.99. The van der Waals surface area contributed by atoms with Gasteiger partial charge in [-0.3, -0.25) is 4.79 Å². The lowest BCUT2D eigenvalue weighted by Crippen LogP contribution is -2.36. The molecule has 0 aliphatic heterocycles. The van der Waals surface area contributed by atoms with Crippen molar-refractivity contribution in [2.45, 2.75) is 13.0 Å². The second kappa shape index (κ2) is 5.77. The number of aromatic nitrogens is 1. The normalized spacial score (nSPS) is 12.0. The summed E-state index contributed by atoms with van der Waals surface area (Å²) in [6, 6.07) is 9.21. The quantitative estimate of drug-likeness (QED) is 0.927. The van der Waals surface area contributed by atoms with Crippen molar-refractivity contribution in [2.75, 3.05) is 26.5 Å². The molecule has 1 aromatic heterocycles. The van der Waals surface area contributed by atoms with E-state index in [0.717, 1.165) is 16.7 Å². The molecule has 1 amide bonds. The molecule has 20 heavy (non-hydrogen) atoms. The monoisotopic (exact) mass is 273 g/mol. The molecule has 0 unspecified atom stereocenters. The molecule has 1 aromatic carbocycles. The Bertz CT molecular complexity index is 626. The minimum atomic E-state index is -0.312. The molecule has 0 aliphatic carbocycles. The van der Waals surface area contributed by atoms with Crippen LogP contribution in [-0.2, 0) is 4.79 Å². The summed E-state index contributed by atoms with van der Waals surface area (Å²) in [4.78, 5) is 17.9. The first-order valence-corrected chi connectivity index (χ1v) is 6.44. The highest BCUT2D eigenvalue weighted by molar-refractivity contribution is 5.85. The van der Waals surface area contributed by atoms with Crippen molar-refractivity contribution < 1.29 is 9.53 Å². The van der Waals surface area contributed by atoms with Gasteiger partial charge in [0, 0.05) is 19.5 Å². The average molecular weight is 273 g/mol. The topological polar surface area (TPSA) is 54.5 Å². The smallest absolute Gasteiger partial charge is 0.244 e. The number of carbonyl (C=O) groups excluding carboxylic acids is 1. The van der Waals surface area contributed by atoms with E-state index in [0.29, 0.717) is 5.82 Å². The van der Waals surface area contributed by atoms with E-state index in [-0.39, 0.29) is 11.9 Å². The number of pyridine rings is 1. The Morgan fingerprint density at radius 1 is 1.30 bits per heavy atom. The molecule has 0 aliphatic rings. The van der Waals surface area contributed by atoms with E-state index >= 15 is 0 Å². The molecule has 5 heteroatoms. The first kappa shape index (κ1) is 14.1. The largest absolute Gasteiger partial charge is 0.497 e. The molecular formula is C15H19N3O2. The number of methoxy groups -OCH3 is 1. The third-order valence-electron chi connectivity index (χ3n) is 3.07. The van der Waals surface area contributed by atoms with Gasteiger partial charge >= 0.3 is 0 Å². The van der Waals surface area contributed by atoms with Crippen LogP contribution in [0.25, 0.3) is 10.9 Å². The Morgan fingerprint density at radius 2 is 2.05 bits per heavy atom. The van der Waals surface area contributed by atoms with Gasteiger partial charge in [0.1, 0.15) is 17.6 Å². The fraction of sp³-hybridized carbons (Fsp3) is 0.333. The average Bonchev–Trinajstić information content (AvgIpc) is 2.45. The van der Waals surface area contributed by atoms with Crippen molar-refractivity contribution in [3.8, 4) is 5.75 Å². The second-order valence-corrected chi connectivity index (χ2v) is 4.85. The van der Waals surface area contributed by atoms with Crippen molar-refractivity contribution in [1.82, 2.24) is 9.88 Å². The van der Waals surface area contributed by atoms with E-state index < -0.39 is 0 Å². The molecule has 1 atom stereocenters. The summed E-state index contributed by atoms with van der Waals surface area (Å²) in [7, 11) is 5.11. The van der Waals surface area contributed by atoms with Crippen molar-refractivity contribution in [3.05, 3.63) is 30.3 Å². The van der Waals surface area contributed by atoms with Crippen LogP contribution in [-0.4, -0.2) is 43.0 Å². The minimum Gasteiger partial charge on any atom is -0.497 e. The maximum absolute atomic E-state index is 11.8. The number of amides is 1. The highest BCUT2D eigenvalue weighted by Gasteiger charge is 2.14. The predicted molar refractivity (Wildman–Crippen MR) is 80.1 cm³/mol. The lowest BCUT2D eigenvalue weighted by Gasteiger charge is -2.18. The zero-order valence-corrected chi connectivity index (χ0v) is 12.2. The first-order valence-electron chi connectivity index (χ1n) is 6.44. The van der Waals surface area contributed by atoms with Gasteiger partial charge in [0.2, 0.25) is 5.91 Å². The summed E-state index contributed by atoms with van der Waals surface area (Å²) in [5, 5.41) is 4.11. The van der Waals surface area contributed by atoms with Gasteiger partial charge < -0.3 is 15.0 Å². The maximum Gasteiger partial charge on any atom is 0.244 e. The molecule has 0 fully saturated rings. The van der Waals surface area contributed by atoms with E-state index in [2.05, 4.69) is 10.3 Å². The van der Waals surface area contributed by atoms with Crippen molar-refractivity contribution in [3.63, 3.8) is 0 Å². The number of carbonyl (C=O) groups is 1.